The largest absolute Gasteiger partial charge is 0.325 e. The van der Waals surface area contributed by atoms with Gasteiger partial charge < -0.3 is 10.6 Å². The number of nitrogens with one attached hydrogen (secondary N) is 2. The predicted octanol–water partition coefficient (Wildman–Crippen LogP) is 2.14. The van der Waals surface area contributed by atoms with E-state index < -0.39 is 0 Å². The van der Waals surface area contributed by atoms with Crippen LogP contribution in [0.4, 0.5) is 5.69 Å². The average molecular weight is 269 g/mol. The lowest BCUT2D eigenvalue weighted by atomic mass is 10.2. The minimum atomic E-state index is -0.0241. The van der Waals surface area contributed by atoms with Crippen molar-refractivity contribution in [3.05, 3.63) is 28.7 Å². The highest BCUT2D eigenvalue weighted by Gasteiger charge is 2.21. The summed E-state index contributed by atoms with van der Waals surface area (Å²) in [5.74, 6) is 0.0607. The lowest BCUT2D eigenvalue weighted by Gasteiger charge is -2.10. The highest BCUT2D eigenvalue weighted by molar-refractivity contribution is 9.10. The van der Waals surface area contributed by atoms with E-state index in [1.807, 2.05) is 24.3 Å². The van der Waals surface area contributed by atoms with Gasteiger partial charge in [-0.15, -0.1) is 0 Å². The summed E-state index contributed by atoms with van der Waals surface area (Å²) in [5.41, 5.74) is 0.836. The predicted molar refractivity (Wildman–Crippen MR) is 63.8 cm³/mol. The second-order valence-electron chi connectivity index (χ2n) is 3.65. The Morgan fingerprint density at radius 1 is 1.53 bits per heavy atom. The molecule has 1 atom stereocenters. The Morgan fingerprint density at radius 3 is 3.07 bits per heavy atom. The summed E-state index contributed by atoms with van der Waals surface area (Å²) in [7, 11) is 0. The fourth-order valence-electron chi connectivity index (χ4n) is 1.70. The van der Waals surface area contributed by atoms with Gasteiger partial charge in [0.05, 0.1) is 6.04 Å². The van der Waals surface area contributed by atoms with Gasteiger partial charge >= 0.3 is 0 Å². The minimum absolute atomic E-state index is 0.0241. The molecule has 1 aromatic carbocycles. The number of carbonyl (C=O) groups is 1. The molecule has 1 aromatic rings. The molecule has 0 bridgehead atoms. The number of halogens is 1. The fourth-order valence-corrected chi connectivity index (χ4v) is 2.10. The Bertz CT molecular complexity index is 361. The quantitative estimate of drug-likeness (QED) is 0.863. The van der Waals surface area contributed by atoms with E-state index in [2.05, 4.69) is 26.6 Å². The molecule has 2 N–H and O–H groups in total. The van der Waals surface area contributed by atoms with Crippen molar-refractivity contribution in [1.29, 1.82) is 0 Å². The molecule has 3 nitrogen and oxygen atoms in total. The van der Waals surface area contributed by atoms with Crippen LogP contribution < -0.4 is 10.6 Å². The lowest BCUT2D eigenvalue weighted by Crippen LogP contribution is -2.35. The van der Waals surface area contributed by atoms with Gasteiger partial charge in [-0.3, -0.25) is 4.79 Å². The zero-order valence-electron chi connectivity index (χ0n) is 8.29. The molecule has 1 saturated heterocycles. The molecule has 1 heterocycles. The van der Waals surface area contributed by atoms with E-state index in [9.17, 15) is 4.79 Å². The van der Waals surface area contributed by atoms with E-state index in [0.29, 0.717) is 0 Å². The Hall–Kier alpha value is -0.870. The van der Waals surface area contributed by atoms with Crippen LogP contribution in [-0.2, 0) is 4.79 Å². The zero-order chi connectivity index (χ0) is 10.7. The van der Waals surface area contributed by atoms with Crippen LogP contribution in [0.2, 0.25) is 0 Å². The van der Waals surface area contributed by atoms with Gasteiger partial charge in [-0.1, -0.05) is 22.0 Å². The van der Waals surface area contributed by atoms with Crippen molar-refractivity contribution >= 4 is 27.5 Å². The third kappa shape index (κ3) is 2.79. The fraction of sp³-hybridized carbons (Fsp3) is 0.364. The van der Waals surface area contributed by atoms with Crippen LogP contribution in [-0.4, -0.2) is 18.5 Å². The summed E-state index contributed by atoms with van der Waals surface area (Å²) in [6.45, 7) is 0.941. The van der Waals surface area contributed by atoms with Crippen molar-refractivity contribution in [1.82, 2.24) is 5.32 Å². The smallest absolute Gasteiger partial charge is 0.241 e. The van der Waals surface area contributed by atoms with Crippen molar-refractivity contribution in [3.63, 3.8) is 0 Å². The molecule has 80 valence electrons. The zero-order valence-corrected chi connectivity index (χ0v) is 9.88. The summed E-state index contributed by atoms with van der Waals surface area (Å²) >= 11 is 3.37. The van der Waals surface area contributed by atoms with Crippen molar-refractivity contribution in [2.24, 2.45) is 0 Å². The monoisotopic (exact) mass is 268 g/mol. The second kappa shape index (κ2) is 4.77. The molecule has 1 aliphatic heterocycles. The van der Waals surface area contributed by atoms with E-state index in [-0.39, 0.29) is 11.9 Å². The summed E-state index contributed by atoms with van der Waals surface area (Å²) in [4.78, 5) is 11.7. The average Bonchev–Trinajstić information content (AvgIpc) is 2.70. The first-order valence-corrected chi connectivity index (χ1v) is 5.85. The standard InChI is InChI=1S/C11H13BrN2O/c12-8-3-1-4-9(7-8)14-11(15)10-5-2-6-13-10/h1,3-4,7,10,13H,2,5-6H2,(H,14,15)/t10-/m1/s1. The van der Waals surface area contributed by atoms with Crippen LogP contribution >= 0.6 is 15.9 Å². The van der Waals surface area contributed by atoms with Gasteiger partial charge in [0.1, 0.15) is 0 Å². The SMILES string of the molecule is O=C(Nc1cccc(Br)c1)[C@H]1CCCN1. The molecular weight excluding hydrogens is 256 g/mol. The lowest BCUT2D eigenvalue weighted by molar-refractivity contribution is -0.117. The van der Waals surface area contributed by atoms with Crippen LogP contribution in [0.15, 0.2) is 28.7 Å². The Kier molecular flexibility index (Phi) is 3.38. The number of rotatable bonds is 2. The summed E-state index contributed by atoms with van der Waals surface area (Å²) < 4.78 is 0.972. The highest BCUT2D eigenvalue weighted by Crippen LogP contribution is 2.16. The van der Waals surface area contributed by atoms with Crippen LogP contribution in [0, 0.1) is 0 Å². The van der Waals surface area contributed by atoms with Gasteiger partial charge in [-0.2, -0.15) is 0 Å². The van der Waals surface area contributed by atoms with Crippen molar-refractivity contribution in [2.75, 3.05) is 11.9 Å². The number of hydrogen-bond acceptors (Lipinski definition) is 2. The molecule has 1 amide bonds. The first kappa shape index (κ1) is 10.6. The summed E-state index contributed by atoms with van der Waals surface area (Å²) in [5, 5.41) is 6.06. The van der Waals surface area contributed by atoms with Crippen LogP contribution in [0.3, 0.4) is 0 Å². The Morgan fingerprint density at radius 2 is 2.40 bits per heavy atom. The topological polar surface area (TPSA) is 41.1 Å². The third-order valence-corrected chi connectivity index (χ3v) is 2.96. The van der Waals surface area contributed by atoms with Crippen LogP contribution in [0.5, 0.6) is 0 Å². The van der Waals surface area contributed by atoms with Crippen LogP contribution in [0.25, 0.3) is 0 Å². The molecule has 0 radical (unpaired) electrons. The van der Waals surface area contributed by atoms with E-state index in [1.165, 1.54) is 0 Å². The van der Waals surface area contributed by atoms with Crippen molar-refractivity contribution in [2.45, 2.75) is 18.9 Å². The van der Waals surface area contributed by atoms with E-state index in [4.69, 9.17) is 0 Å². The molecular formula is C11H13BrN2O. The van der Waals surface area contributed by atoms with Crippen molar-refractivity contribution in [3.8, 4) is 0 Å². The number of carbonyl (C=O) groups excluding carboxylic acids is 1. The maximum Gasteiger partial charge on any atom is 0.241 e. The number of anilines is 1. The molecule has 2 rings (SSSR count). The first-order valence-electron chi connectivity index (χ1n) is 5.05. The van der Waals surface area contributed by atoms with Gasteiger partial charge in [0.2, 0.25) is 5.91 Å². The molecule has 0 spiro atoms. The van der Waals surface area contributed by atoms with Gasteiger partial charge in [0.15, 0.2) is 0 Å². The van der Waals surface area contributed by atoms with Gasteiger partial charge in [-0.25, -0.2) is 0 Å². The molecule has 4 heteroatoms. The molecule has 0 saturated carbocycles. The maximum absolute atomic E-state index is 11.7. The normalized spacial score (nSPS) is 20.2. The van der Waals surface area contributed by atoms with Gasteiger partial charge in [-0.05, 0) is 37.6 Å². The summed E-state index contributed by atoms with van der Waals surface area (Å²) in [6.07, 6.45) is 2.01. The number of amides is 1. The maximum atomic E-state index is 11.7. The van der Waals surface area contributed by atoms with Gasteiger partial charge in [0.25, 0.3) is 0 Å². The molecule has 1 fully saturated rings. The van der Waals surface area contributed by atoms with E-state index in [0.717, 1.165) is 29.5 Å². The first-order chi connectivity index (χ1) is 7.25. The third-order valence-electron chi connectivity index (χ3n) is 2.47. The molecule has 15 heavy (non-hydrogen) atoms. The molecule has 1 aliphatic rings. The molecule has 0 unspecified atom stereocenters. The van der Waals surface area contributed by atoms with Crippen molar-refractivity contribution < 1.29 is 4.79 Å². The Labute approximate surface area is 97.4 Å². The minimum Gasteiger partial charge on any atom is -0.325 e. The molecule has 0 aliphatic carbocycles. The van der Waals surface area contributed by atoms with E-state index in [1.54, 1.807) is 0 Å². The Balaban J connectivity index is 1.99. The highest BCUT2D eigenvalue weighted by atomic mass is 79.9. The second-order valence-corrected chi connectivity index (χ2v) is 4.56. The number of hydrogen-bond donors (Lipinski definition) is 2. The molecule has 0 aromatic heterocycles. The van der Waals surface area contributed by atoms with Crippen LogP contribution in [0.1, 0.15) is 12.8 Å². The van der Waals surface area contributed by atoms with Gasteiger partial charge in [0, 0.05) is 10.2 Å². The van der Waals surface area contributed by atoms with E-state index >= 15 is 0 Å². The summed E-state index contributed by atoms with van der Waals surface area (Å²) in [6, 6.07) is 7.60. The number of benzene rings is 1.